The van der Waals surface area contributed by atoms with Gasteiger partial charge in [0.15, 0.2) is 24.7 Å². The molecule has 0 radical (unpaired) electrons. The van der Waals surface area contributed by atoms with E-state index in [1.54, 1.807) is 0 Å². The third-order valence-corrected chi connectivity index (χ3v) is 17.3. The van der Waals surface area contributed by atoms with Crippen molar-refractivity contribution in [1.29, 1.82) is 0 Å². The van der Waals surface area contributed by atoms with Crippen LogP contribution in [-0.2, 0) is 37.9 Å². The van der Waals surface area contributed by atoms with Crippen LogP contribution in [0, 0.1) is 46.3 Å². The van der Waals surface area contributed by atoms with E-state index >= 15 is 0 Å². The fourth-order valence-electron chi connectivity index (χ4n) is 13.8. The SMILES string of the molecule is C[C@@H]1CC[C@@]2(OC1)O[C@H]1C[C@H]3[C@@H]4CC=C5C[C@@H](O[C@@H]6O[C@H](CO)[C@@H](O[C@H]7O[C@@H](CO)[C@H](O)[C@H]7O)[C@H](O)[C@H]6O[C@@H]6O[C@H](C)[C@@H](O)[C@H](O)[C@@H]6O)CC[C@]5(C)[C@@H]4CC[C@]3(C)[C@H]1[C@@H]2C. The summed E-state index contributed by atoms with van der Waals surface area (Å²) in [5.41, 5.74) is 1.54. The zero-order chi connectivity index (χ0) is 42.6. The van der Waals surface area contributed by atoms with Crippen LogP contribution < -0.4 is 0 Å². The van der Waals surface area contributed by atoms with Gasteiger partial charge in [-0.3, -0.25) is 0 Å². The van der Waals surface area contributed by atoms with Crippen LogP contribution in [0.1, 0.15) is 92.4 Å². The third-order valence-electron chi connectivity index (χ3n) is 17.3. The Balaban J connectivity index is 0.913. The number of allylic oxidation sites excluding steroid dienone is 1. The highest BCUT2D eigenvalue weighted by Crippen LogP contribution is 2.70. The predicted molar refractivity (Wildman–Crippen MR) is 208 cm³/mol. The van der Waals surface area contributed by atoms with Crippen molar-refractivity contribution in [3.63, 3.8) is 0 Å². The molecule has 0 aromatic heterocycles. The first-order valence-corrected chi connectivity index (χ1v) is 22.8. The Morgan fingerprint density at radius 2 is 1.40 bits per heavy atom. The topological polar surface area (TPSA) is 236 Å². The molecule has 1 spiro atoms. The predicted octanol–water partition coefficient (Wildman–Crippen LogP) is 0.853. The van der Waals surface area contributed by atoms with Crippen molar-refractivity contribution in [1.82, 2.24) is 0 Å². The van der Waals surface area contributed by atoms with Crippen molar-refractivity contribution in [2.24, 2.45) is 46.3 Å². The minimum absolute atomic E-state index is 0.0141. The lowest BCUT2D eigenvalue weighted by molar-refractivity contribution is -0.380. The van der Waals surface area contributed by atoms with Gasteiger partial charge in [-0.05, 0) is 98.7 Å². The van der Waals surface area contributed by atoms with Gasteiger partial charge in [-0.15, -0.1) is 0 Å². The zero-order valence-corrected chi connectivity index (χ0v) is 35.6. The Bertz CT molecular complexity index is 1560. The second-order valence-electron chi connectivity index (χ2n) is 20.6. The summed E-state index contributed by atoms with van der Waals surface area (Å²) in [5, 5.41) is 84.8. The molecule has 342 valence electrons. The molecule has 0 amide bonds. The fourth-order valence-corrected chi connectivity index (χ4v) is 13.8. The number of fused-ring (bicyclic) bond motifs is 7. The van der Waals surface area contributed by atoms with Crippen molar-refractivity contribution in [3.8, 4) is 0 Å². The van der Waals surface area contributed by atoms with Gasteiger partial charge in [0.05, 0.1) is 38.1 Å². The van der Waals surface area contributed by atoms with E-state index in [1.807, 2.05) is 0 Å². The van der Waals surface area contributed by atoms with Crippen LogP contribution in [0.2, 0.25) is 0 Å². The maximum absolute atomic E-state index is 11.9. The van der Waals surface area contributed by atoms with Gasteiger partial charge >= 0.3 is 0 Å². The van der Waals surface area contributed by atoms with E-state index in [9.17, 15) is 40.9 Å². The molecule has 16 heteroatoms. The second kappa shape index (κ2) is 16.5. The fraction of sp³-hybridized carbons (Fsp3) is 0.955. The Morgan fingerprint density at radius 3 is 2.10 bits per heavy atom. The summed E-state index contributed by atoms with van der Waals surface area (Å²) >= 11 is 0. The normalized spacial score (nSPS) is 57.7. The van der Waals surface area contributed by atoms with Gasteiger partial charge in [-0.25, -0.2) is 0 Å². The van der Waals surface area contributed by atoms with Gasteiger partial charge < -0.3 is 78.7 Å². The molecule has 0 unspecified atom stereocenters. The zero-order valence-electron chi connectivity index (χ0n) is 35.6. The van der Waals surface area contributed by atoms with Gasteiger partial charge in [0, 0.05) is 12.3 Å². The van der Waals surface area contributed by atoms with Crippen LogP contribution >= 0.6 is 0 Å². The molecule has 4 aliphatic carbocycles. The molecule has 3 saturated carbocycles. The number of aliphatic hydroxyl groups excluding tert-OH is 8. The van der Waals surface area contributed by atoms with Crippen molar-refractivity contribution in [2.45, 2.75) is 196 Å². The molecule has 0 aromatic rings. The highest BCUT2D eigenvalue weighted by Gasteiger charge is 2.69. The first-order chi connectivity index (χ1) is 28.5. The van der Waals surface area contributed by atoms with Gasteiger partial charge in [-0.1, -0.05) is 39.3 Å². The van der Waals surface area contributed by atoms with Crippen molar-refractivity contribution in [2.75, 3.05) is 19.8 Å². The lowest BCUT2D eigenvalue weighted by Gasteiger charge is -2.58. The number of hydrogen-bond donors (Lipinski definition) is 8. The lowest BCUT2D eigenvalue weighted by atomic mass is 9.47. The Kier molecular flexibility index (Phi) is 12.2. The van der Waals surface area contributed by atoms with E-state index in [2.05, 4.69) is 33.8 Å². The first-order valence-electron chi connectivity index (χ1n) is 22.8. The highest BCUT2D eigenvalue weighted by molar-refractivity contribution is 5.26. The molecule has 8 N–H and O–H groups in total. The van der Waals surface area contributed by atoms with E-state index < -0.39 is 105 Å². The largest absolute Gasteiger partial charge is 0.394 e. The van der Waals surface area contributed by atoms with Gasteiger partial charge in [0.2, 0.25) is 0 Å². The van der Waals surface area contributed by atoms with Crippen LogP contribution in [-0.4, -0.2) is 165 Å². The average Bonchev–Trinajstić information content (AvgIpc) is 3.79. The number of rotatable bonds is 8. The van der Waals surface area contributed by atoms with Gasteiger partial charge in [0.25, 0.3) is 0 Å². The molecule has 9 aliphatic rings. The Morgan fingerprint density at radius 1 is 0.700 bits per heavy atom. The van der Waals surface area contributed by atoms with E-state index in [1.165, 1.54) is 18.9 Å². The summed E-state index contributed by atoms with van der Waals surface area (Å²) in [4.78, 5) is 0. The molecule has 9 rings (SSSR count). The maximum Gasteiger partial charge on any atom is 0.187 e. The first kappa shape index (κ1) is 44.3. The minimum atomic E-state index is -1.70. The van der Waals surface area contributed by atoms with Crippen LogP contribution in [0.5, 0.6) is 0 Å². The van der Waals surface area contributed by atoms with Gasteiger partial charge in [0.1, 0.15) is 61.0 Å². The van der Waals surface area contributed by atoms with Crippen LogP contribution in [0.3, 0.4) is 0 Å². The summed E-state index contributed by atoms with van der Waals surface area (Å²) in [5.74, 6) is 2.65. The Labute approximate surface area is 352 Å². The maximum atomic E-state index is 11.9. The molecule has 16 nitrogen and oxygen atoms in total. The molecule has 0 aromatic carbocycles. The minimum Gasteiger partial charge on any atom is -0.394 e. The summed E-state index contributed by atoms with van der Waals surface area (Å²) in [6.45, 7) is 10.7. The van der Waals surface area contributed by atoms with Crippen LogP contribution in [0.15, 0.2) is 11.6 Å². The molecule has 8 fully saturated rings. The Hall–Kier alpha value is -0.900. The molecular formula is C44H70O16. The standard InChI is InChI=1S/C44H70O16/c1-19-8-13-44(53-18-19)20(2)30-27(60-44)15-26-24-7-6-22-14-23(9-11-42(22,4)25(24)10-12-43(26,30)5)55-41-38(59-39-35(51)33(49)31(47)21(3)54-39)36(52)37(29(17-46)57-41)58-40-34(50)32(48)28(16-45)56-40/h6,19-21,23-41,45-52H,7-18H2,1-5H3/t19-,20+,21-,23+,24-,25-,26+,27+,28+,29-,30+,31-,32+,33+,34-,35+,36+,37-,38-,39+,40-,41-,42+,43+,44-/m1/s1. The average molecular weight is 855 g/mol. The smallest absolute Gasteiger partial charge is 0.187 e. The van der Waals surface area contributed by atoms with Gasteiger partial charge in [-0.2, -0.15) is 0 Å². The number of ether oxygens (including phenoxy) is 8. The van der Waals surface area contributed by atoms with Crippen LogP contribution in [0.25, 0.3) is 0 Å². The molecule has 60 heavy (non-hydrogen) atoms. The quantitative estimate of drug-likeness (QED) is 0.158. The summed E-state index contributed by atoms with van der Waals surface area (Å²) < 4.78 is 49.9. The van der Waals surface area contributed by atoms with E-state index in [-0.39, 0.29) is 23.0 Å². The van der Waals surface area contributed by atoms with Crippen molar-refractivity contribution in [3.05, 3.63) is 11.6 Å². The summed E-state index contributed by atoms with van der Waals surface area (Å²) in [7, 11) is 0. The van der Waals surface area contributed by atoms with E-state index in [0.29, 0.717) is 48.3 Å². The summed E-state index contributed by atoms with van der Waals surface area (Å²) in [6.07, 6.45) is -8.79. The van der Waals surface area contributed by atoms with Crippen molar-refractivity contribution < 1.29 is 78.7 Å². The number of hydrogen-bond acceptors (Lipinski definition) is 16. The number of aliphatic hydroxyl groups is 8. The van der Waals surface area contributed by atoms with E-state index in [0.717, 1.165) is 45.1 Å². The highest BCUT2D eigenvalue weighted by atomic mass is 16.8. The molecule has 25 atom stereocenters. The van der Waals surface area contributed by atoms with Crippen molar-refractivity contribution >= 4 is 0 Å². The lowest BCUT2D eigenvalue weighted by Crippen LogP contribution is -2.65. The molecule has 5 aliphatic heterocycles. The summed E-state index contributed by atoms with van der Waals surface area (Å²) in [6, 6.07) is 0. The molecule has 5 saturated heterocycles. The second-order valence-corrected chi connectivity index (χ2v) is 20.6. The van der Waals surface area contributed by atoms with Crippen LogP contribution in [0.4, 0.5) is 0 Å². The monoisotopic (exact) mass is 854 g/mol. The molecular weight excluding hydrogens is 784 g/mol. The van der Waals surface area contributed by atoms with E-state index in [4.69, 9.17) is 37.9 Å². The third kappa shape index (κ3) is 7.10. The molecule has 5 heterocycles. The molecule has 0 bridgehead atoms.